The van der Waals surface area contributed by atoms with Gasteiger partial charge in [-0.3, -0.25) is 0 Å². The Balaban J connectivity index is 2.21. The van der Waals surface area contributed by atoms with Crippen LogP contribution in [0.4, 0.5) is 13.2 Å². The lowest BCUT2D eigenvalue weighted by Gasteiger charge is -2.40. The van der Waals surface area contributed by atoms with Crippen LogP contribution in [0.2, 0.25) is 0 Å². The van der Waals surface area contributed by atoms with E-state index >= 15 is 0 Å². The van der Waals surface area contributed by atoms with Crippen LogP contribution < -0.4 is 5.32 Å². The number of aliphatic hydroxyl groups excluding tert-OH is 1. The van der Waals surface area contributed by atoms with Crippen molar-refractivity contribution in [1.29, 1.82) is 0 Å². The topological polar surface area (TPSA) is 32.3 Å². The van der Waals surface area contributed by atoms with Gasteiger partial charge < -0.3 is 10.4 Å². The largest absolute Gasteiger partial charge is 0.415 e. The zero-order valence-electron chi connectivity index (χ0n) is 8.60. The minimum absolute atomic E-state index is 0.102. The normalized spacial score (nSPS) is 22.2. The smallest absolute Gasteiger partial charge is 0.382 e. The molecule has 0 radical (unpaired) electrons. The summed E-state index contributed by atoms with van der Waals surface area (Å²) in [6.45, 7) is 0.132. The Morgan fingerprint density at radius 2 is 2.07 bits per heavy atom. The Morgan fingerprint density at radius 3 is 2.40 bits per heavy atom. The summed E-state index contributed by atoms with van der Waals surface area (Å²) in [7, 11) is 0. The van der Waals surface area contributed by atoms with Gasteiger partial charge in [0.1, 0.15) is 0 Å². The van der Waals surface area contributed by atoms with Crippen LogP contribution in [0.5, 0.6) is 0 Å². The van der Waals surface area contributed by atoms with Crippen molar-refractivity contribution in [2.45, 2.75) is 36.3 Å². The highest BCUT2D eigenvalue weighted by Crippen LogP contribution is 2.42. The molecule has 6 heteroatoms. The molecular formula is C9H16F3NOS. The maximum atomic E-state index is 12.0. The van der Waals surface area contributed by atoms with Crippen LogP contribution in [0.3, 0.4) is 0 Å². The second-order valence-electron chi connectivity index (χ2n) is 3.93. The van der Waals surface area contributed by atoms with Crippen molar-refractivity contribution in [2.75, 3.05) is 19.3 Å². The third-order valence-corrected chi connectivity index (χ3v) is 4.28. The molecule has 1 saturated carbocycles. The molecule has 90 valence electrons. The summed E-state index contributed by atoms with van der Waals surface area (Å²) in [6.07, 6.45) is -1.56. The van der Waals surface area contributed by atoms with Crippen molar-refractivity contribution in [2.24, 2.45) is 0 Å². The van der Waals surface area contributed by atoms with Crippen molar-refractivity contribution < 1.29 is 18.3 Å². The SMILES string of the molecule is CSC1(CNCC(O)C(F)(F)F)CCC1. The number of halogens is 3. The molecule has 0 heterocycles. The second kappa shape index (κ2) is 4.93. The molecule has 0 aromatic heterocycles. The van der Waals surface area contributed by atoms with Crippen LogP contribution in [0.1, 0.15) is 19.3 Å². The van der Waals surface area contributed by atoms with Crippen LogP contribution in [0.25, 0.3) is 0 Å². The Bertz CT molecular complexity index is 201. The molecule has 0 bridgehead atoms. The summed E-state index contributed by atoms with van der Waals surface area (Å²) in [6, 6.07) is 0. The standard InChI is InChI=1S/C9H16F3NOS/c1-15-8(3-2-4-8)6-13-5-7(14)9(10,11)12/h7,13-14H,2-6H2,1H3. The summed E-state index contributed by atoms with van der Waals surface area (Å²) in [5.74, 6) is 0. The zero-order chi connectivity index (χ0) is 11.5. The average Bonchev–Trinajstić information content (AvgIpc) is 2.07. The molecule has 1 rings (SSSR count). The average molecular weight is 243 g/mol. The third kappa shape index (κ3) is 3.53. The predicted octanol–water partition coefficient (Wildman–Crippen LogP) is 1.78. The van der Waals surface area contributed by atoms with Gasteiger partial charge in [0.05, 0.1) is 0 Å². The number of alkyl halides is 3. The summed E-state index contributed by atoms with van der Waals surface area (Å²) in [5, 5.41) is 11.4. The van der Waals surface area contributed by atoms with E-state index in [0.717, 1.165) is 19.3 Å². The number of thioether (sulfide) groups is 1. The highest BCUT2D eigenvalue weighted by Gasteiger charge is 2.39. The number of aliphatic hydroxyl groups is 1. The Labute approximate surface area is 91.6 Å². The summed E-state index contributed by atoms with van der Waals surface area (Å²) in [5.41, 5.74) is 0. The first kappa shape index (κ1) is 13.1. The maximum Gasteiger partial charge on any atom is 0.415 e. The van der Waals surface area contributed by atoms with E-state index in [0.29, 0.717) is 6.54 Å². The molecule has 1 unspecified atom stereocenters. The fraction of sp³-hybridized carbons (Fsp3) is 1.00. The van der Waals surface area contributed by atoms with Crippen LogP contribution in [0.15, 0.2) is 0 Å². The fourth-order valence-corrected chi connectivity index (χ4v) is 2.52. The quantitative estimate of drug-likeness (QED) is 0.772. The molecule has 1 atom stereocenters. The van der Waals surface area contributed by atoms with Crippen molar-refractivity contribution in [3.05, 3.63) is 0 Å². The highest BCUT2D eigenvalue weighted by atomic mass is 32.2. The second-order valence-corrected chi connectivity index (χ2v) is 5.20. The van der Waals surface area contributed by atoms with Crippen molar-refractivity contribution >= 4 is 11.8 Å². The molecular weight excluding hydrogens is 227 g/mol. The lowest BCUT2D eigenvalue weighted by molar-refractivity contribution is -0.201. The Kier molecular flexibility index (Phi) is 4.31. The number of hydrogen-bond acceptors (Lipinski definition) is 3. The van der Waals surface area contributed by atoms with E-state index in [-0.39, 0.29) is 4.75 Å². The lowest BCUT2D eigenvalue weighted by atomic mass is 9.84. The molecule has 2 nitrogen and oxygen atoms in total. The van der Waals surface area contributed by atoms with E-state index in [9.17, 15) is 13.2 Å². The van der Waals surface area contributed by atoms with Crippen molar-refractivity contribution in [1.82, 2.24) is 5.32 Å². The van der Waals surface area contributed by atoms with E-state index in [1.54, 1.807) is 11.8 Å². The Hall–Kier alpha value is 0.0600. The third-order valence-electron chi connectivity index (χ3n) is 2.86. The molecule has 0 aromatic rings. The maximum absolute atomic E-state index is 12.0. The first-order chi connectivity index (χ1) is 6.90. The lowest BCUT2D eigenvalue weighted by Crippen LogP contribution is -2.47. The number of rotatable bonds is 5. The number of hydrogen-bond donors (Lipinski definition) is 2. The van der Waals surface area contributed by atoms with E-state index in [4.69, 9.17) is 5.11 Å². The van der Waals surface area contributed by atoms with Gasteiger partial charge in [-0.25, -0.2) is 0 Å². The molecule has 0 aliphatic heterocycles. The van der Waals surface area contributed by atoms with Gasteiger partial charge in [0.25, 0.3) is 0 Å². The molecule has 0 aromatic carbocycles. The zero-order valence-corrected chi connectivity index (χ0v) is 9.42. The molecule has 15 heavy (non-hydrogen) atoms. The summed E-state index contributed by atoms with van der Waals surface area (Å²) >= 11 is 1.69. The van der Waals surface area contributed by atoms with Crippen molar-refractivity contribution in [3.63, 3.8) is 0 Å². The van der Waals surface area contributed by atoms with Crippen LogP contribution >= 0.6 is 11.8 Å². The molecule has 0 saturated heterocycles. The molecule has 2 N–H and O–H groups in total. The predicted molar refractivity (Wildman–Crippen MR) is 55.0 cm³/mol. The molecule has 1 aliphatic carbocycles. The fourth-order valence-electron chi connectivity index (χ4n) is 1.58. The molecule has 1 aliphatic rings. The summed E-state index contributed by atoms with van der Waals surface area (Å²) < 4.78 is 36.0. The van der Waals surface area contributed by atoms with E-state index in [1.165, 1.54) is 0 Å². The van der Waals surface area contributed by atoms with Gasteiger partial charge in [0.2, 0.25) is 0 Å². The number of nitrogens with one attached hydrogen (secondary N) is 1. The Morgan fingerprint density at radius 1 is 1.47 bits per heavy atom. The highest BCUT2D eigenvalue weighted by molar-refractivity contribution is 8.00. The van der Waals surface area contributed by atoms with Gasteiger partial charge >= 0.3 is 6.18 Å². The summed E-state index contributed by atoms with van der Waals surface area (Å²) in [4.78, 5) is 0. The van der Waals surface area contributed by atoms with Crippen molar-refractivity contribution in [3.8, 4) is 0 Å². The van der Waals surface area contributed by atoms with Crippen LogP contribution in [0, 0.1) is 0 Å². The molecule has 0 spiro atoms. The van der Waals surface area contributed by atoms with Crippen LogP contribution in [-0.4, -0.2) is 41.5 Å². The van der Waals surface area contributed by atoms with Gasteiger partial charge in [0.15, 0.2) is 6.10 Å². The minimum Gasteiger partial charge on any atom is -0.382 e. The van der Waals surface area contributed by atoms with E-state index in [1.807, 2.05) is 6.26 Å². The minimum atomic E-state index is -4.51. The van der Waals surface area contributed by atoms with Crippen LogP contribution in [-0.2, 0) is 0 Å². The van der Waals surface area contributed by atoms with Gasteiger partial charge in [-0.05, 0) is 19.1 Å². The van der Waals surface area contributed by atoms with Gasteiger partial charge in [-0.1, -0.05) is 6.42 Å². The van der Waals surface area contributed by atoms with Gasteiger partial charge in [-0.2, -0.15) is 24.9 Å². The molecule has 0 amide bonds. The van der Waals surface area contributed by atoms with Gasteiger partial charge in [-0.15, -0.1) is 0 Å². The first-order valence-corrected chi connectivity index (χ1v) is 6.13. The first-order valence-electron chi connectivity index (χ1n) is 4.90. The molecule has 1 fully saturated rings. The van der Waals surface area contributed by atoms with Gasteiger partial charge in [0, 0.05) is 17.8 Å². The van der Waals surface area contributed by atoms with E-state index in [2.05, 4.69) is 5.32 Å². The van der Waals surface area contributed by atoms with E-state index < -0.39 is 18.8 Å². The monoisotopic (exact) mass is 243 g/mol.